The van der Waals surface area contributed by atoms with Gasteiger partial charge in [0, 0.05) is 28.7 Å². The van der Waals surface area contributed by atoms with Crippen molar-refractivity contribution in [1.29, 1.82) is 0 Å². The predicted molar refractivity (Wildman–Crippen MR) is 104 cm³/mol. The number of hydrogen-bond donors (Lipinski definition) is 1. The molecule has 5 fully saturated rings. The molecular formula is C21H25BrN2O2. The van der Waals surface area contributed by atoms with E-state index < -0.39 is 0 Å². The van der Waals surface area contributed by atoms with Gasteiger partial charge in [-0.15, -0.1) is 0 Å². The topological polar surface area (TPSA) is 49.4 Å². The molecule has 2 amide bonds. The van der Waals surface area contributed by atoms with Crippen molar-refractivity contribution in [2.75, 3.05) is 11.4 Å². The lowest BCUT2D eigenvalue weighted by molar-refractivity contribution is -0.131. The highest BCUT2D eigenvalue weighted by atomic mass is 79.9. The van der Waals surface area contributed by atoms with E-state index in [1.807, 2.05) is 24.3 Å². The van der Waals surface area contributed by atoms with Crippen molar-refractivity contribution in [2.24, 2.45) is 23.7 Å². The largest absolute Gasteiger partial charge is 0.350 e. The number of benzene rings is 1. The number of rotatable bonds is 3. The number of carbonyl (C=O) groups is 2. The molecule has 1 atom stereocenters. The number of nitrogens with zero attached hydrogens (tertiary/aromatic N) is 1. The second-order valence-corrected chi connectivity index (χ2v) is 9.98. The van der Waals surface area contributed by atoms with Crippen LogP contribution < -0.4 is 10.2 Å². The third-order valence-electron chi connectivity index (χ3n) is 7.06. The number of carbonyl (C=O) groups excluding carboxylic acids is 2. The number of hydrogen-bond acceptors (Lipinski definition) is 2. The summed E-state index contributed by atoms with van der Waals surface area (Å²) in [5, 5.41) is 3.44. The number of anilines is 1. The van der Waals surface area contributed by atoms with Crippen molar-refractivity contribution in [3.63, 3.8) is 0 Å². The van der Waals surface area contributed by atoms with Crippen molar-refractivity contribution < 1.29 is 9.59 Å². The summed E-state index contributed by atoms with van der Waals surface area (Å²) in [6.45, 7) is 0.499. The molecule has 26 heavy (non-hydrogen) atoms. The Labute approximate surface area is 162 Å². The molecule has 1 aromatic carbocycles. The first-order valence-corrected chi connectivity index (χ1v) is 10.7. The fourth-order valence-corrected chi connectivity index (χ4v) is 6.65. The van der Waals surface area contributed by atoms with E-state index in [0.29, 0.717) is 13.0 Å². The van der Waals surface area contributed by atoms with Gasteiger partial charge < -0.3 is 10.2 Å². The summed E-state index contributed by atoms with van der Waals surface area (Å²) >= 11 is 3.42. The Morgan fingerprint density at radius 3 is 2.19 bits per heavy atom. The van der Waals surface area contributed by atoms with Crippen LogP contribution >= 0.6 is 15.9 Å². The van der Waals surface area contributed by atoms with Gasteiger partial charge in [-0.2, -0.15) is 0 Å². The smallest absolute Gasteiger partial charge is 0.227 e. The lowest BCUT2D eigenvalue weighted by Gasteiger charge is -2.57. The molecule has 0 aromatic heterocycles. The van der Waals surface area contributed by atoms with Gasteiger partial charge in [-0.25, -0.2) is 0 Å². The van der Waals surface area contributed by atoms with Crippen molar-refractivity contribution >= 4 is 33.4 Å². The van der Waals surface area contributed by atoms with Crippen LogP contribution in [0.2, 0.25) is 0 Å². The molecule has 5 heteroatoms. The molecule has 4 saturated carbocycles. The maximum atomic E-state index is 13.0. The van der Waals surface area contributed by atoms with Crippen LogP contribution in [0.25, 0.3) is 0 Å². The van der Waals surface area contributed by atoms with Crippen molar-refractivity contribution in [3.05, 3.63) is 28.7 Å². The van der Waals surface area contributed by atoms with Gasteiger partial charge in [0.25, 0.3) is 0 Å². The molecule has 5 aliphatic rings. The molecule has 1 saturated heterocycles. The van der Waals surface area contributed by atoms with Crippen molar-refractivity contribution in [2.45, 2.75) is 50.5 Å². The van der Waals surface area contributed by atoms with Gasteiger partial charge in [-0.1, -0.05) is 15.9 Å². The Bertz CT molecular complexity index is 710. The molecule has 1 aliphatic heterocycles. The first-order chi connectivity index (χ1) is 12.5. The standard InChI is InChI=1S/C21H25BrN2O2/c22-17-1-3-18(4-2-17)24-12-16(8-19(24)25)20(26)23-21-9-13-5-14(10-21)7-15(6-13)11-21/h1-4,13-16H,5-12H2,(H,23,26). The fourth-order valence-electron chi connectivity index (χ4n) is 6.38. The second kappa shape index (κ2) is 6.08. The molecule has 1 N–H and O–H groups in total. The number of amides is 2. The van der Waals surface area contributed by atoms with E-state index in [0.717, 1.165) is 47.2 Å². The van der Waals surface area contributed by atoms with Crippen LogP contribution in [0.15, 0.2) is 28.7 Å². The predicted octanol–water partition coefficient (Wildman–Crippen LogP) is 3.89. The van der Waals surface area contributed by atoms with Crippen molar-refractivity contribution in [1.82, 2.24) is 5.32 Å². The summed E-state index contributed by atoms with van der Waals surface area (Å²) in [5.41, 5.74) is 0.906. The molecule has 6 rings (SSSR count). The van der Waals surface area contributed by atoms with Crippen LogP contribution in [0.3, 0.4) is 0 Å². The molecule has 4 nitrogen and oxygen atoms in total. The van der Waals surface area contributed by atoms with E-state index in [1.165, 1.54) is 19.3 Å². The number of halogens is 1. The van der Waals surface area contributed by atoms with E-state index in [1.54, 1.807) is 4.90 Å². The van der Waals surface area contributed by atoms with Gasteiger partial charge in [-0.3, -0.25) is 9.59 Å². The van der Waals surface area contributed by atoms with E-state index in [2.05, 4.69) is 21.2 Å². The molecule has 0 spiro atoms. The highest BCUT2D eigenvalue weighted by molar-refractivity contribution is 9.10. The van der Waals surface area contributed by atoms with E-state index in [4.69, 9.17) is 0 Å². The fraction of sp³-hybridized carbons (Fsp3) is 0.619. The highest BCUT2D eigenvalue weighted by Crippen LogP contribution is 2.55. The molecule has 138 valence electrons. The van der Waals surface area contributed by atoms with Gasteiger partial charge in [0.1, 0.15) is 0 Å². The zero-order valence-electron chi connectivity index (χ0n) is 14.9. The second-order valence-electron chi connectivity index (χ2n) is 9.07. The SMILES string of the molecule is O=C(NC12CC3CC(CC(C3)C1)C2)C1CC(=O)N(c2ccc(Br)cc2)C1. The Kier molecular flexibility index (Phi) is 3.93. The maximum absolute atomic E-state index is 13.0. The highest BCUT2D eigenvalue weighted by Gasteiger charge is 2.52. The van der Waals surface area contributed by atoms with E-state index in [9.17, 15) is 9.59 Å². The maximum Gasteiger partial charge on any atom is 0.227 e. The number of nitrogens with one attached hydrogen (secondary N) is 1. The minimum Gasteiger partial charge on any atom is -0.350 e. The van der Waals surface area contributed by atoms with Crippen molar-refractivity contribution in [3.8, 4) is 0 Å². The van der Waals surface area contributed by atoms with E-state index >= 15 is 0 Å². The van der Waals surface area contributed by atoms with Gasteiger partial charge in [0.15, 0.2) is 0 Å². The molecule has 4 aliphatic carbocycles. The minimum atomic E-state index is -0.223. The van der Waals surface area contributed by atoms with Crippen LogP contribution in [0.1, 0.15) is 44.9 Å². The summed E-state index contributed by atoms with van der Waals surface area (Å²) in [5.74, 6) is 2.36. The van der Waals surface area contributed by atoms with Gasteiger partial charge >= 0.3 is 0 Å². The average molecular weight is 417 g/mol. The molecule has 1 unspecified atom stereocenters. The summed E-state index contributed by atoms with van der Waals surface area (Å²) in [6, 6.07) is 7.74. The lowest BCUT2D eigenvalue weighted by Crippen LogP contribution is -2.60. The molecule has 1 aromatic rings. The summed E-state index contributed by atoms with van der Waals surface area (Å²) in [7, 11) is 0. The Hall–Kier alpha value is -1.36. The third-order valence-corrected chi connectivity index (χ3v) is 7.59. The summed E-state index contributed by atoms with van der Waals surface area (Å²) in [4.78, 5) is 27.2. The van der Waals surface area contributed by atoms with Gasteiger partial charge in [-0.05, 0) is 80.5 Å². The third kappa shape index (κ3) is 2.88. The van der Waals surface area contributed by atoms with Crippen LogP contribution in [0.5, 0.6) is 0 Å². The molecular weight excluding hydrogens is 392 g/mol. The first-order valence-electron chi connectivity index (χ1n) is 9.88. The average Bonchev–Trinajstić information content (AvgIpc) is 2.96. The molecule has 4 bridgehead atoms. The lowest BCUT2D eigenvalue weighted by atomic mass is 9.53. The monoisotopic (exact) mass is 416 g/mol. The van der Waals surface area contributed by atoms with Crippen LogP contribution in [0, 0.1) is 23.7 Å². The van der Waals surface area contributed by atoms with Gasteiger partial charge in [0.2, 0.25) is 11.8 Å². The zero-order valence-corrected chi connectivity index (χ0v) is 16.5. The quantitative estimate of drug-likeness (QED) is 0.812. The van der Waals surface area contributed by atoms with Crippen LogP contribution in [-0.2, 0) is 9.59 Å². The minimum absolute atomic E-state index is 0.0277. The van der Waals surface area contributed by atoms with Crippen LogP contribution in [0.4, 0.5) is 5.69 Å². The Morgan fingerprint density at radius 1 is 1.04 bits per heavy atom. The molecule has 1 heterocycles. The van der Waals surface area contributed by atoms with Crippen LogP contribution in [-0.4, -0.2) is 23.9 Å². The van der Waals surface area contributed by atoms with E-state index in [-0.39, 0.29) is 23.3 Å². The Morgan fingerprint density at radius 2 is 1.62 bits per heavy atom. The normalized spacial score (nSPS) is 38.0. The van der Waals surface area contributed by atoms with Gasteiger partial charge in [0.05, 0.1) is 5.92 Å². The zero-order chi connectivity index (χ0) is 17.9. The molecule has 0 radical (unpaired) electrons. The Balaban J connectivity index is 1.28. The summed E-state index contributed by atoms with van der Waals surface area (Å²) < 4.78 is 0.990. The first kappa shape index (κ1) is 16.8. The summed E-state index contributed by atoms with van der Waals surface area (Å²) in [6.07, 6.45) is 7.90.